The summed E-state index contributed by atoms with van der Waals surface area (Å²) >= 11 is 6.00. The first kappa shape index (κ1) is 26.1. The first-order valence-electron chi connectivity index (χ1n) is 12.6. The predicted octanol–water partition coefficient (Wildman–Crippen LogP) is 5.59. The Morgan fingerprint density at radius 3 is 2.36 bits per heavy atom. The fourth-order valence-corrected chi connectivity index (χ4v) is 4.88. The van der Waals surface area contributed by atoms with Crippen LogP contribution >= 0.6 is 11.6 Å². The van der Waals surface area contributed by atoms with Gasteiger partial charge in [0.2, 0.25) is 0 Å². The van der Waals surface area contributed by atoms with Crippen LogP contribution in [0, 0.1) is 0 Å². The quantitative estimate of drug-likeness (QED) is 0.576. The number of piperidine rings is 1. The first-order valence-corrected chi connectivity index (χ1v) is 12.9. The van der Waals surface area contributed by atoms with Gasteiger partial charge in [0.05, 0.1) is 17.9 Å². The van der Waals surface area contributed by atoms with E-state index in [0.29, 0.717) is 31.2 Å². The molecule has 3 heterocycles. The lowest BCUT2D eigenvalue weighted by Crippen LogP contribution is -2.42. The number of urea groups is 1. The van der Waals surface area contributed by atoms with Gasteiger partial charge in [-0.1, -0.05) is 23.7 Å². The second-order valence-corrected chi connectivity index (χ2v) is 11.1. The molecular weight excluding hydrogens is 478 g/mol. The number of amides is 3. The molecule has 1 N–H and O–H groups in total. The summed E-state index contributed by atoms with van der Waals surface area (Å²) in [5, 5.41) is 3.72. The minimum absolute atomic E-state index is 0.0665. The van der Waals surface area contributed by atoms with E-state index in [0.717, 1.165) is 36.6 Å². The van der Waals surface area contributed by atoms with E-state index in [4.69, 9.17) is 16.3 Å². The Morgan fingerprint density at radius 2 is 1.75 bits per heavy atom. The summed E-state index contributed by atoms with van der Waals surface area (Å²) in [5.41, 5.74) is 1.43. The Kier molecular flexibility index (Phi) is 7.93. The minimum Gasteiger partial charge on any atom is -0.444 e. The number of benzene rings is 1. The van der Waals surface area contributed by atoms with Gasteiger partial charge in [-0.3, -0.25) is 0 Å². The molecule has 0 spiro atoms. The zero-order chi connectivity index (χ0) is 25.9. The number of likely N-dealkylation sites (tertiary alicyclic amines) is 1. The summed E-state index contributed by atoms with van der Waals surface area (Å²) in [5.74, 6) is 1.28. The molecule has 4 rings (SSSR count). The molecule has 2 aliphatic heterocycles. The van der Waals surface area contributed by atoms with E-state index in [1.165, 1.54) is 5.56 Å². The summed E-state index contributed by atoms with van der Waals surface area (Å²) in [7, 11) is 1.78. The van der Waals surface area contributed by atoms with E-state index >= 15 is 0 Å². The molecule has 194 valence electrons. The van der Waals surface area contributed by atoms with Gasteiger partial charge in [0, 0.05) is 38.2 Å². The zero-order valence-electron chi connectivity index (χ0n) is 21.5. The lowest BCUT2D eigenvalue weighted by Gasteiger charge is -2.32. The normalized spacial score (nSPS) is 18.8. The van der Waals surface area contributed by atoms with Crippen LogP contribution in [0.4, 0.5) is 21.1 Å². The smallest absolute Gasteiger partial charge is 0.410 e. The molecule has 2 saturated heterocycles. The average Bonchev–Trinajstić information content (AvgIpc) is 3.34. The second kappa shape index (κ2) is 10.9. The molecule has 8 nitrogen and oxygen atoms in total. The van der Waals surface area contributed by atoms with Gasteiger partial charge in [-0.2, -0.15) is 0 Å². The molecule has 3 amide bonds. The Morgan fingerprint density at radius 1 is 1.06 bits per heavy atom. The molecule has 9 heteroatoms. The number of anilines is 2. The molecule has 0 aliphatic carbocycles. The van der Waals surface area contributed by atoms with Crippen LogP contribution in [0.5, 0.6) is 0 Å². The summed E-state index contributed by atoms with van der Waals surface area (Å²) in [4.78, 5) is 35.4. The maximum atomic E-state index is 12.8. The van der Waals surface area contributed by atoms with E-state index in [1.807, 2.05) is 49.9 Å². The Balaban J connectivity index is 1.25. The fourth-order valence-electron chi connectivity index (χ4n) is 4.75. The molecule has 36 heavy (non-hydrogen) atoms. The van der Waals surface area contributed by atoms with Crippen molar-refractivity contribution in [1.82, 2.24) is 14.8 Å². The second-order valence-electron chi connectivity index (χ2n) is 10.6. The van der Waals surface area contributed by atoms with Gasteiger partial charge in [0.25, 0.3) is 0 Å². The summed E-state index contributed by atoms with van der Waals surface area (Å²) in [6, 6.07) is 11.8. The number of nitrogens with one attached hydrogen (secondary N) is 1. The highest BCUT2D eigenvalue weighted by molar-refractivity contribution is 6.30. The van der Waals surface area contributed by atoms with Gasteiger partial charge in [0.1, 0.15) is 11.4 Å². The van der Waals surface area contributed by atoms with E-state index in [9.17, 15) is 9.59 Å². The number of hydrogen-bond donors (Lipinski definition) is 1. The number of halogens is 1. The van der Waals surface area contributed by atoms with Crippen molar-refractivity contribution in [1.29, 1.82) is 0 Å². The van der Waals surface area contributed by atoms with Crippen LogP contribution in [0.3, 0.4) is 0 Å². The third-order valence-corrected chi connectivity index (χ3v) is 7.09. The van der Waals surface area contributed by atoms with Crippen LogP contribution in [0.25, 0.3) is 0 Å². The van der Waals surface area contributed by atoms with Crippen LogP contribution in [-0.4, -0.2) is 71.8 Å². The Labute approximate surface area is 218 Å². The summed E-state index contributed by atoms with van der Waals surface area (Å²) in [6.45, 7) is 8.53. The highest BCUT2D eigenvalue weighted by Gasteiger charge is 2.31. The number of aromatic nitrogens is 1. The number of pyridine rings is 1. The number of carbonyl (C=O) groups excluding carboxylic acids is 2. The lowest BCUT2D eigenvalue weighted by atomic mass is 9.89. The summed E-state index contributed by atoms with van der Waals surface area (Å²) in [6.07, 6.45) is 4.10. The van der Waals surface area contributed by atoms with E-state index < -0.39 is 5.60 Å². The molecule has 1 atom stereocenters. The van der Waals surface area contributed by atoms with Crippen molar-refractivity contribution in [3.8, 4) is 0 Å². The van der Waals surface area contributed by atoms with E-state index in [2.05, 4.69) is 27.3 Å². The van der Waals surface area contributed by atoms with Crippen molar-refractivity contribution in [3.63, 3.8) is 0 Å². The predicted molar refractivity (Wildman–Crippen MR) is 143 cm³/mol. The fraction of sp³-hybridized carbons (Fsp3) is 0.519. The largest absolute Gasteiger partial charge is 0.444 e. The SMILES string of the molecule is CN(C(=O)OC(C)(C)C)[C@@H]1CCN(c2ccc(NC(=O)N3CCC(c4ccc(Cl)cc4)CC3)cn2)C1. The number of rotatable bonds is 4. The van der Waals surface area contributed by atoms with Gasteiger partial charge < -0.3 is 24.8 Å². The summed E-state index contributed by atoms with van der Waals surface area (Å²) < 4.78 is 5.49. The lowest BCUT2D eigenvalue weighted by molar-refractivity contribution is 0.0238. The molecule has 1 aromatic heterocycles. The number of carbonyl (C=O) groups is 2. The molecule has 0 unspecified atom stereocenters. The van der Waals surface area contributed by atoms with E-state index in [-0.39, 0.29) is 18.2 Å². The van der Waals surface area contributed by atoms with Crippen molar-refractivity contribution >= 4 is 35.2 Å². The molecule has 1 aromatic carbocycles. The van der Waals surface area contributed by atoms with Gasteiger partial charge in [-0.15, -0.1) is 0 Å². The monoisotopic (exact) mass is 513 g/mol. The maximum absolute atomic E-state index is 12.8. The highest BCUT2D eigenvalue weighted by atomic mass is 35.5. The average molecular weight is 514 g/mol. The zero-order valence-corrected chi connectivity index (χ0v) is 22.3. The van der Waals surface area contributed by atoms with Crippen LogP contribution in [-0.2, 0) is 4.74 Å². The molecule has 2 aromatic rings. The van der Waals surface area contributed by atoms with Gasteiger partial charge >= 0.3 is 12.1 Å². The molecule has 0 saturated carbocycles. The van der Waals surface area contributed by atoms with Crippen LogP contribution in [0.1, 0.15) is 51.5 Å². The number of nitrogens with zero attached hydrogens (tertiary/aromatic N) is 4. The number of likely N-dealkylation sites (N-methyl/N-ethyl adjacent to an activating group) is 1. The van der Waals surface area contributed by atoms with Crippen molar-refractivity contribution in [2.24, 2.45) is 0 Å². The molecule has 0 bridgehead atoms. The molecule has 2 aliphatic rings. The van der Waals surface area contributed by atoms with Crippen molar-refractivity contribution in [2.45, 2.75) is 57.6 Å². The number of hydrogen-bond acceptors (Lipinski definition) is 5. The van der Waals surface area contributed by atoms with Crippen LogP contribution < -0.4 is 10.2 Å². The highest BCUT2D eigenvalue weighted by Crippen LogP contribution is 2.29. The number of ether oxygens (including phenoxy) is 1. The third-order valence-electron chi connectivity index (χ3n) is 6.84. The van der Waals surface area contributed by atoms with Crippen LogP contribution in [0.2, 0.25) is 5.02 Å². The van der Waals surface area contributed by atoms with Gasteiger partial charge in [-0.25, -0.2) is 14.6 Å². The maximum Gasteiger partial charge on any atom is 0.410 e. The topological polar surface area (TPSA) is 78.0 Å². The van der Waals surface area contributed by atoms with Crippen molar-refractivity contribution in [2.75, 3.05) is 43.4 Å². The standard InChI is InChI=1S/C27H36ClN5O3/c1-27(2,3)36-26(35)31(4)23-13-16-33(18-23)24-10-9-22(17-29-24)30-25(34)32-14-11-20(12-15-32)19-5-7-21(28)8-6-19/h5-10,17,20,23H,11-16,18H2,1-4H3,(H,30,34)/t23-/m1/s1. The molecule has 2 fully saturated rings. The Bertz CT molecular complexity index is 1050. The van der Waals surface area contributed by atoms with Gasteiger partial charge in [0.15, 0.2) is 0 Å². The van der Waals surface area contributed by atoms with E-state index in [1.54, 1.807) is 18.1 Å². The van der Waals surface area contributed by atoms with Crippen molar-refractivity contribution in [3.05, 3.63) is 53.2 Å². The van der Waals surface area contributed by atoms with Crippen LogP contribution in [0.15, 0.2) is 42.6 Å². The molecule has 0 radical (unpaired) electrons. The Hall–Kier alpha value is -3.00. The first-order chi connectivity index (χ1) is 17.1. The van der Waals surface area contributed by atoms with Gasteiger partial charge in [-0.05, 0) is 75.8 Å². The third kappa shape index (κ3) is 6.60. The van der Waals surface area contributed by atoms with Crippen molar-refractivity contribution < 1.29 is 14.3 Å². The minimum atomic E-state index is -0.516. The molecular formula is C27H36ClN5O3.